The molecule has 5 nitrogen and oxygen atoms in total. The molecule has 6 N–H and O–H groups in total. The molecule has 0 aromatic carbocycles. The smallest absolute Gasteiger partial charge is 0.0815 e. The molecular weight excluding hydrogens is 202 g/mol. The Morgan fingerprint density at radius 3 is 2.69 bits per heavy atom. The second kappa shape index (κ2) is 5.75. The summed E-state index contributed by atoms with van der Waals surface area (Å²) >= 11 is 0. The van der Waals surface area contributed by atoms with E-state index in [1.54, 1.807) is 19.5 Å². The highest BCUT2D eigenvalue weighted by atomic mass is 14.8. The van der Waals surface area contributed by atoms with Crippen molar-refractivity contribution in [3.63, 3.8) is 0 Å². The molecule has 1 rings (SSSR count). The molecule has 1 aliphatic heterocycles. The summed E-state index contributed by atoms with van der Waals surface area (Å²) in [5, 5.41) is 0. The highest BCUT2D eigenvalue weighted by Gasteiger charge is 2.13. The van der Waals surface area contributed by atoms with Crippen molar-refractivity contribution in [2.24, 2.45) is 33.1 Å². The summed E-state index contributed by atoms with van der Waals surface area (Å²) in [5.41, 5.74) is 18.6. The molecule has 0 saturated heterocycles. The van der Waals surface area contributed by atoms with Gasteiger partial charge in [-0.15, -0.1) is 0 Å². The maximum Gasteiger partial charge on any atom is 0.0815 e. The van der Waals surface area contributed by atoms with Gasteiger partial charge in [-0.25, -0.2) is 0 Å². The molecule has 0 aliphatic carbocycles. The third-order valence-electron chi connectivity index (χ3n) is 2.32. The fourth-order valence-electron chi connectivity index (χ4n) is 1.42. The fraction of sp³-hybridized carbons (Fsp3) is 0.273. The van der Waals surface area contributed by atoms with Crippen molar-refractivity contribution in [1.82, 2.24) is 0 Å². The standard InChI is InChI=1S/C11H17N5/c1-15-6-9(4-12)8-2-3-11(16-7-8)10(14)5-13/h2-6,8H,7,12-14H2,1H3/b9-4+,10-5-,15-6?. The second-order valence-electron chi connectivity index (χ2n) is 3.37. The number of hydrogen-bond donors (Lipinski definition) is 3. The normalized spacial score (nSPS) is 22.6. The third-order valence-corrected chi connectivity index (χ3v) is 2.32. The first-order valence-electron chi connectivity index (χ1n) is 4.97. The maximum absolute atomic E-state index is 5.65. The lowest BCUT2D eigenvalue weighted by Gasteiger charge is -2.16. The van der Waals surface area contributed by atoms with Crippen LogP contribution in [0.4, 0.5) is 0 Å². The van der Waals surface area contributed by atoms with Crippen LogP contribution in [0.3, 0.4) is 0 Å². The van der Waals surface area contributed by atoms with Crippen LogP contribution in [0.1, 0.15) is 0 Å². The van der Waals surface area contributed by atoms with E-state index < -0.39 is 0 Å². The van der Waals surface area contributed by atoms with Crippen LogP contribution in [-0.4, -0.2) is 25.5 Å². The minimum atomic E-state index is 0.156. The highest BCUT2D eigenvalue weighted by molar-refractivity contribution is 6.08. The first-order valence-corrected chi connectivity index (χ1v) is 4.97. The lowest BCUT2D eigenvalue weighted by Crippen LogP contribution is -2.19. The zero-order valence-corrected chi connectivity index (χ0v) is 9.30. The van der Waals surface area contributed by atoms with Crippen molar-refractivity contribution >= 4 is 11.9 Å². The largest absolute Gasteiger partial charge is 0.404 e. The van der Waals surface area contributed by atoms with Gasteiger partial charge in [-0.3, -0.25) is 9.98 Å². The summed E-state index contributed by atoms with van der Waals surface area (Å²) in [6.45, 7) is 0.607. The van der Waals surface area contributed by atoms with E-state index in [0.29, 0.717) is 18.0 Å². The van der Waals surface area contributed by atoms with Crippen molar-refractivity contribution < 1.29 is 0 Å². The second-order valence-corrected chi connectivity index (χ2v) is 3.37. The Hall–Kier alpha value is -2.04. The van der Waals surface area contributed by atoms with Crippen LogP contribution in [0.15, 0.2) is 45.8 Å². The molecule has 1 heterocycles. The minimum absolute atomic E-state index is 0.156. The molecule has 1 aliphatic rings. The van der Waals surface area contributed by atoms with Gasteiger partial charge in [0.2, 0.25) is 0 Å². The van der Waals surface area contributed by atoms with Crippen LogP contribution in [0.2, 0.25) is 0 Å². The van der Waals surface area contributed by atoms with Gasteiger partial charge in [-0.1, -0.05) is 6.08 Å². The quantitative estimate of drug-likeness (QED) is 0.578. The molecule has 0 spiro atoms. The predicted molar refractivity (Wildman–Crippen MR) is 68.1 cm³/mol. The molecular formula is C11H17N5. The van der Waals surface area contributed by atoms with Gasteiger partial charge < -0.3 is 17.2 Å². The molecule has 1 atom stereocenters. The van der Waals surface area contributed by atoms with E-state index in [4.69, 9.17) is 17.2 Å². The molecule has 0 saturated carbocycles. The summed E-state index contributed by atoms with van der Waals surface area (Å²) < 4.78 is 0. The van der Waals surface area contributed by atoms with Crippen LogP contribution in [0.25, 0.3) is 0 Å². The number of hydrogen-bond acceptors (Lipinski definition) is 5. The number of allylic oxidation sites excluding steroid dienone is 1. The molecule has 5 heteroatoms. The monoisotopic (exact) mass is 219 g/mol. The molecule has 0 bridgehead atoms. The molecule has 0 aromatic rings. The number of nitrogens with two attached hydrogens (primary N) is 3. The Morgan fingerprint density at radius 1 is 1.50 bits per heavy atom. The van der Waals surface area contributed by atoms with Gasteiger partial charge in [0.05, 0.1) is 18.0 Å². The van der Waals surface area contributed by atoms with Crippen molar-refractivity contribution in [1.29, 1.82) is 0 Å². The van der Waals surface area contributed by atoms with Gasteiger partial charge >= 0.3 is 0 Å². The van der Waals surface area contributed by atoms with E-state index in [0.717, 1.165) is 5.57 Å². The average molecular weight is 219 g/mol. The highest BCUT2D eigenvalue weighted by Crippen LogP contribution is 2.15. The van der Waals surface area contributed by atoms with Crippen molar-refractivity contribution in [3.8, 4) is 0 Å². The number of nitrogens with zero attached hydrogens (tertiary/aromatic N) is 2. The third kappa shape index (κ3) is 2.73. The topological polar surface area (TPSA) is 103 Å². The first-order chi connectivity index (χ1) is 7.72. The summed E-state index contributed by atoms with van der Waals surface area (Å²) in [6.07, 6.45) is 8.47. The van der Waals surface area contributed by atoms with Crippen LogP contribution in [-0.2, 0) is 0 Å². The van der Waals surface area contributed by atoms with Crippen LogP contribution >= 0.6 is 0 Å². The van der Waals surface area contributed by atoms with E-state index in [-0.39, 0.29) is 5.92 Å². The van der Waals surface area contributed by atoms with Crippen molar-refractivity contribution in [2.75, 3.05) is 13.6 Å². The van der Waals surface area contributed by atoms with E-state index in [2.05, 4.69) is 9.98 Å². The van der Waals surface area contributed by atoms with Gasteiger partial charge in [0.25, 0.3) is 0 Å². The van der Waals surface area contributed by atoms with Crippen LogP contribution < -0.4 is 17.2 Å². The van der Waals surface area contributed by atoms with Gasteiger partial charge in [0.15, 0.2) is 0 Å². The van der Waals surface area contributed by atoms with Crippen LogP contribution in [0, 0.1) is 5.92 Å². The van der Waals surface area contributed by atoms with E-state index in [9.17, 15) is 0 Å². The van der Waals surface area contributed by atoms with Crippen molar-refractivity contribution in [2.45, 2.75) is 0 Å². The molecule has 86 valence electrons. The Bertz CT molecular complexity index is 387. The Kier molecular flexibility index (Phi) is 4.32. The fourth-order valence-corrected chi connectivity index (χ4v) is 1.42. The average Bonchev–Trinajstić information content (AvgIpc) is 2.35. The van der Waals surface area contributed by atoms with E-state index in [1.807, 2.05) is 12.2 Å². The minimum Gasteiger partial charge on any atom is -0.404 e. The molecule has 16 heavy (non-hydrogen) atoms. The maximum atomic E-state index is 5.65. The summed E-state index contributed by atoms with van der Waals surface area (Å²) in [5.74, 6) is 0.156. The zero-order chi connectivity index (χ0) is 12.0. The zero-order valence-electron chi connectivity index (χ0n) is 9.30. The number of aliphatic imine (C=N–C) groups is 2. The molecule has 0 aromatic heterocycles. The van der Waals surface area contributed by atoms with Gasteiger partial charge in [-0.05, 0) is 17.8 Å². The molecule has 0 radical (unpaired) electrons. The molecule has 0 amide bonds. The first kappa shape index (κ1) is 12.0. The van der Waals surface area contributed by atoms with E-state index in [1.165, 1.54) is 6.20 Å². The number of rotatable bonds is 3. The van der Waals surface area contributed by atoms with Gasteiger partial charge in [-0.2, -0.15) is 0 Å². The Labute approximate surface area is 95.1 Å². The van der Waals surface area contributed by atoms with Crippen molar-refractivity contribution in [3.05, 3.63) is 35.8 Å². The lowest BCUT2D eigenvalue weighted by molar-refractivity contribution is 0.789. The summed E-state index contributed by atoms with van der Waals surface area (Å²) in [4.78, 5) is 8.27. The molecule has 0 fully saturated rings. The Morgan fingerprint density at radius 2 is 2.25 bits per heavy atom. The molecule has 1 unspecified atom stereocenters. The predicted octanol–water partition coefficient (Wildman–Crippen LogP) is -0.0846. The Balaban J connectivity index is 2.76. The SMILES string of the molecule is CN=C/C(=C\N)C1C=CC(/C(N)=C/N)=NC1. The lowest BCUT2D eigenvalue weighted by atomic mass is 9.97. The van der Waals surface area contributed by atoms with Crippen LogP contribution in [0.5, 0.6) is 0 Å². The van der Waals surface area contributed by atoms with Gasteiger partial charge in [0.1, 0.15) is 0 Å². The summed E-state index contributed by atoms with van der Waals surface area (Å²) in [6, 6.07) is 0. The number of dihydropyridines is 1. The summed E-state index contributed by atoms with van der Waals surface area (Å²) in [7, 11) is 1.71. The van der Waals surface area contributed by atoms with E-state index >= 15 is 0 Å². The van der Waals surface area contributed by atoms with Gasteiger partial charge in [0, 0.05) is 25.4 Å².